The summed E-state index contributed by atoms with van der Waals surface area (Å²) in [6, 6.07) is 3.21. The van der Waals surface area contributed by atoms with Crippen LogP contribution >= 0.6 is 0 Å². The highest BCUT2D eigenvalue weighted by molar-refractivity contribution is 6.06. The predicted molar refractivity (Wildman–Crippen MR) is 126 cm³/mol. The molecule has 5 fully saturated rings. The normalized spacial score (nSPS) is 45.0. The molecule has 2 saturated heterocycles. The Bertz CT molecular complexity index is 1180. The van der Waals surface area contributed by atoms with E-state index >= 15 is 0 Å². The van der Waals surface area contributed by atoms with Gasteiger partial charge in [-0.3, -0.25) is 19.4 Å². The summed E-state index contributed by atoms with van der Waals surface area (Å²) in [4.78, 5) is 31.1. The van der Waals surface area contributed by atoms with Crippen LogP contribution in [-0.4, -0.2) is 68.7 Å². The van der Waals surface area contributed by atoms with E-state index in [1.54, 1.807) is 6.07 Å². The van der Waals surface area contributed by atoms with Crippen molar-refractivity contribution in [3.8, 4) is 11.5 Å². The van der Waals surface area contributed by atoms with Crippen LogP contribution in [0.25, 0.3) is 0 Å². The monoisotopic (exact) mass is 476 g/mol. The molecule has 0 bridgehead atoms. The van der Waals surface area contributed by atoms with Crippen LogP contribution in [0.5, 0.6) is 11.5 Å². The van der Waals surface area contributed by atoms with Gasteiger partial charge in [-0.2, -0.15) is 0 Å². The number of aliphatic hydroxyl groups is 1. The van der Waals surface area contributed by atoms with E-state index in [9.17, 15) is 19.8 Å². The highest BCUT2D eigenvalue weighted by atomic mass is 16.5. The lowest BCUT2D eigenvalue weighted by Crippen LogP contribution is -2.92. The Morgan fingerprint density at radius 1 is 1.09 bits per heavy atom. The Balaban J connectivity index is 1.23. The maximum absolute atomic E-state index is 13.6. The van der Waals surface area contributed by atoms with E-state index in [4.69, 9.17) is 4.74 Å². The summed E-state index contributed by atoms with van der Waals surface area (Å²) in [6.07, 6.45) is 8.32. The smallest absolute Gasteiger partial charge is 0.233 e. The van der Waals surface area contributed by atoms with Gasteiger partial charge in [-0.05, 0) is 63.0 Å². The van der Waals surface area contributed by atoms with Crippen molar-refractivity contribution in [1.29, 1.82) is 0 Å². The van der Waals surface area contributed by atoms with Crippen LogP contribution in [-0.2, 0) is 15.0 Å². The number of carbonyl (C=O) groups excluding carboxylic acids is 2. The van der Waals surface area contributed by atoms with E-state index < -0.39 is 23.2 Å². The van der Waals surface area contributed by atoms with Gasteiger partial charge in [-0.1, -0.05) is 18.2 Å². The Morgan fingerprint density at radius 3 is 2.49 bits per heavy atom. The molecule has 8 atom stereocenters. The predicted octanol–water partition coefficient (Wildman–Crippen LogP) is 2.27. The first-order chi connectivity index (χ1) is 16.9. The number of fused-ring (bicyclic) bond motifs is 4. The number of piperidine rings is 1. The second-order valence-corrected chi connectivity index (χ2v) is 12.2. The molecular formula is C28H32N2O5. The minimum absolute atomic E-state index is 0.0741. The number of imide groups is 1. The van der Waals surface area contributed by atoms with Crippen LogP contribution < -0.4 is 4.74 Å². The van der Waals surface area contributed by atoms with Crippen molar-refractivity contribution in [2.75, 3.05) is 13.1 Å². The molecule has 2 N–H and O–H groups in total. The number of phenols is 1. The van der Waals surface area contributed by atoms with Crippen LogP contribution in [0.15, 0.2) is 24.3 Å². The van der Waals surface area contributed by atoms with Gasteiger partial charge in [0.05, 0.1) is 28.9 Å². The van der Waals surface area contributed by atoms with E-state index in [2.05, 4.69) is 4.90 Å². The third-order valence-corrected chi connectivity index (χ3v) is 10.7. The average Bonchev–Trinajstić information content (AvgIpc) is 3.52. The zero-order valence-electron chi connectivity index (χ0n) is 20.0. The molecule has 7 nitrogen and oxygen atoms in total. The number of aromatic hydroxyl groups is 1. The van der Waals surface area contributed by atoms with E-state index in [0.29, 0.717) is 31.4 Å². The average molecular weight is 477 g/mol. The minimum atomic E-state index is -0.990. The zero-order valence-corrected chi connectivity index (χ0v) is 20.0. The maximum Gasteiger partial charge on any atom is 0.233 e. The molecule has 8 rings (SSSR count). The maximum atomic E-state index is 13.6. The molecule has 3 aliphatic heterocycles. The number of amides is 2. The molecule has 2 amide bonds. The molecule has 184 valence electrons. The molecule has 1 unspecified atom stereocenters. The molecule has 7 aliphatic rings. The number of ether oxygens (including phenoxy) is 1. The summed E-state index contributed by atoms with van der Waals surface area (Å²) in [5, 5.41) is 23.3. The Morgan fingerprint density at radius 2 is 1.80 bits per heavy atom. The first-order valence-electron chi connectivity index (χ1n) is 13.4. The number of carbonyl (C=O) groups is 2. The molecule has 7 heteroatoms. The highest BCUT2D eigenvalue weighted by Crippen LogP contribution is 2.74. The third kappa shape index (κ3) is 2.23. The summed E-state index contributed by atoms with van der Waals surface area (Å²) in [5.74, 6) is 0.716. The summed E-state index contributed by atoms with van der Waals surface area (Å²) in [5.41, 5.74) is 0.206. The number of rotatable bonds is 3. The van der Waals surface area contributed by atoms with Crippen LogP contribution in [0.4, 0.5) is 0 Å². The van der Waals surface area contributed by atoms with E-state index in [1.165, 1.54) is 17.7 Å². The number of benzene rings is 1. The number of aryl methyl sites for hydroxylation is 1. The van der Waals surface area contributed by atoms with Gasteiger partial charge in [0.15, 0.2) is 11.5 Å². The van der Waals surface area contributed by atoms with Crippen molar-refractivity contribution in [1.82, 2.24) is 9.80 Å². The summed E-state index contributed by atoms with van der Waals surface area (Å²) >= 11 is 0. The standard InChI is InChI=1S/C28H32N2O5/c1-14-6-9-20(31)22-21(14)28-18-13-29(12-15-7-8-15)23(18)27(28,34)11-10-19(24(28)35-22)30-25(32)16-4-2-3-5-17(16)26(30)33/h2-3,6,9,15-19,23-24,31,34H,4-5,7-8,10-13H2,1H3/t16-,17+,18?,19-,23-,24+,27-,28+/m1/s1. The van der Waals surface area contributed by atoms with Crippen molar-refractivity contribution in [3.63, 3.8) is 0 Å². The summed E-state index contributed by atoms with van der Waals surface area (Å²) in [7, 11) is 0. The molecular weight excluding hydrogens is 444 g/mol. The van der Waals surface area contributed by atoms with Crippen LogP contribution in [0.1, 0.15) is 49.7 Å². The van der Waals surface area contributed by atoms with Gasteiger partial charge in [-0.15, -0.1) is 0 Å². The number of nitrogens with zero attached hydrogens (tertiary/aromatic N) is 2. The topological polar surface area (TPSA) is 90.3 Å². The second kappa shape index (κ2) is 6.48. The van der Waals surface area contributed by atoms with Gasteiger partial charge in [-0.25, -0.2) is 0 Å². The number of hydrogen-bond acceptors (Lipinski definition) is 6. The van der Waals surface area contributed by atoms with Crippen LogP contribution in [0.3, 0.4) is 0 Å². The highest BCUT2D eigenvalue weighted by Gasteiger charge is 2.85. The molecule has 1 aromatic carbocycles. The fourth-order valence-electron chi connectivity index (χ4n) is 9.10. The van der Waals surface area contributed by atoms with Crippen molar-refractivity contribution < 1.29 is 24.5 Å². The fourth-order valence-corrected chi connectivity index (χ4v) is 9.10. The molecule has 3 saturated carbocycles. The third-order valence-electron chi connectivity index (χ3n) is 10.7. The lowest BCUT2D eigenvalue weighted by Gasteiger charge is -2.78. The molecule has 4 aliphatic carbocycles. The number of hydrogen-bond donors (Lipinski definition) is 2. The first kappa shape index (κ1) is 20.8. The van der Waals surface area contributed by atoms with E-state index in [-0.39, 0.29) is 41.4 Å². The zero-order chi connectivity index (χ0) is 23.9. The Hall–Kier alpha value is -2.38. The van der Waals surface area contributed by atoms with Gasteiger partial charge in [0.2, 0.25) is 11.8 Å². The Labute approximate surface area is 204 Å². The van der Waals surface area contributed by atoms with Crippen molar-refractivity contribution >= 4 is 11.8 Å². The lowest BCUT2D eigenvalue weighted by atomic mass is 9.35. The minimum Gasteiger partial charge on any atom is -0.504 e. The SMILES string of the molecule is Cc1ccc(O)c2c1[C@]13C4CN(CC5CC5)[C@H]4[C@]1(O)CC[C@@H](N1C(=O)[C@H]4CC=CC[C@H]4C1=O)[C@@H]3O2. The lowest BCUT2D eigenvalue weighted by molar-refractivity contribution is -0.321. The number of likely N-dealkylation sites (tertiary alicyclic amines) is 2. The van der Waals surface area contributed by atoms with Crippen molar-refractivity contribution in [2.45, 2.75) is 74.7 Å². The van der Waals surface area contributed by atoms with Crippen molar-refractivity contribution in [2.24, 2.45) is 23.7 Å². The van der Waals surface area contributed by atoms with Gasteiger partial charge in [0.25, 0.3) is 0 Å². The van der Waals surface area contributed by atoms with Gasteiger partial charge >= 0.3 is 0 Å². The molecule has 0 aromatic heterocycles. The summed E-state index contributed by atoms with van der Waals surface area (Å²) < 4.78 is 6.58. The molecule has 35 heavy (non-hydrogen) atoms. The van der Waals surface area contributed by atoms with Crippen molar-refractivity contribution in [3.05, 3.63) is 35.4 Å². The second-order valence-electron chi connectivity index (χ2n) is 12.2. The molecule has 3 heterocycles. The molecule has 1 aromatic rings. The quantitative estimate of drug-likeness (QED) is 0.514. The van der Waals surface area contributed by atoms with Crippen LogP contribution in [0.2, 0.25) is 0 Å². The van der Waals surface area contributed by atoms with E-state index in [1.807, 2.05) is 25.1 Å². The van der Waals surface area contributed by atoms with Crippen LogP contribution in [0, 0.1) is 30.6 Å². The van der Waals surface area contributed by atoms with E-state index in [0.717, 1.165) is 30.1 Å². The number of allylic oxidation sites excluding steroid dienone is 2. The van der Waals surface area contributed by atoms with Gasteiger partial charge in [0, 0.05) is 30.6 Å². The molecule has 1 spiro atoms. The Kier molecular flexibility index (Phi) is 3.85. The van der Waals surface area contributed by atoms with Gasteiger partial charge in [0.1, 0.15) is 6.10 Å². The van der Waals surface area contributed by atoms with Gasteiger partial charge < -0.3 is 14.9 Å². The fraction of sp³-hybridized carbons (Fsp3) is 0.643. The summed E-state index contributed by atoms with van der Waals surface area (Å²) in [6.45, 7) is 3.95. The molecule has 0 radical (unpaired) electrons. The number of phenolic OH excluding ortho intramolecular Hbond substituents is 1. The first-order valence-corrected chi connectivity index (χ1v) is 13.4. The largest absolute Gasteiger partial charge is 0.504 e.